The van der Waals surface area contributed by atoms with Gasteiger partial charge >= 0.3 is 0 Å². The van der Waals surface area contributed by atoms with Gasteiger partial charge in [-0.05, 0) is 31.0 Å². The number of carbonyl (C=O) groups is 1. The van der Waals surface area contributed by atoms with Gasteiger partial charge in [0, 0.05) is 44.9 Å². The van der Waals surface area contributed by atoms with Gasteiger partial charge in [0.2, 0.25) is 0 Å². The molecule has 168 valence electrons. The molecule has 0 unspecified atom stereocenters. The Morgan fingerprint density at radius 1 is 1.03 bits per heavy atom. The van der Waals surface area contributed by atoms with Gasteiger partial charge in [-0.3, -0.25) is 9.69 Å². The van der Waals surface area contributed by atoms with Crippen LogP contribution in [0.3, 0.4) is 0 Å². The van der Waals surface area contributed by atoms with Crippen LogP contribution in [0, 0.1) is 0 Å². The van der Waals surface area contributed by atoms with Crippen molar-refractivity contribution < 1.29 is 23.7 Å². The van der Waals surface area contributed by atoms with E-state index in [1.165, 1.54) is 5.56 Å². The molecule has 0 aliphatic carbocycles. The highest BCUT2D eigenvalue weighted by atomic mass is 16.5. The molecule has 1 saturated heterocycles. The molecule has 1 heterocycles. The molecule has 1 fully saturated rings. The molecule has 1 amide bonds. The van der Waals surface area contributed by atoms with Crippen molar-refractivity contribution in [3.05, 3.63) is 53.6 Å². The van der Waals surface area contributed by atoms with E-state index in [1.807, 2.05) is 18.2 Å². The van der Waals surface area contributed by atoms with Crippen LogP contribution in [-0.2, 0) is 11.3 Å². The number of methoxy groups -OCH3 is 3. The van der Waals surface area contributed by atoms with E-state index in [2.05, 4.69) is 16.3 Å². The molecule has 7 heteroatoms. The minimum atomic E-state index is -0.177. The molecule has 1 aliphatic rings. The standard InChI is InChI=1S/C24H32N2O5/c1-28-15-12-25-24(27)21-9-8-20(29-2)16-23(21)31-19-10-13-26(14-11-19)17-18-6-4-5-7-22(18)30-3/h4-9,16,19H,10-15,17H2,1-3H3,(H,25,27). The molecular formula is C24H32N2O5. The van der Waals surface area contributed by atoms with Crippen molar-refractivity contribution >= 4 is 5.91 Å². The Bertz CT molecular complexity index is 850. The summed E-state index contributed by atoms with van der Waals surface area (Å²) in [6.45, 7) is 3.60. The number of rotatable bonds is 10. The molecule has 0 aromatic heterocycles. The van der Waals surface area contributed by atoms with Crippen molar-refractivity contribution in [1.82, 2.24) is 10.2 Å². The molecular weight excluding hydrogens is 396 g/mol. The van der Waals surface area contributed by atoms with Crippen LogP contribution in [0.25, 0.3) is 0 Å². The SMILES string of the molecule is COCCNC(=O)c1ccc(OC)cc1OC1CCN(Cc2ccccc2OC)CC1. The van der Waals surface area contributed by atoms with Crippen molar-refractivity contribution in [2.45, 2.75) is 25.5 Å². The predicted molar refractivity (Wildman–Crippen MR) is 119 cm³/mol. The summed E-state index contributed by atoms with van der Waals surface area (Å²) in [5.41, 5.74) is 1.69. The van der Waals surface area contributed by atoms with Gasteiger partial charge in [0.05, 0.1) is 26.4 Å². The minimum Gasteiger partial charge on any atom is -0.497 e. The lowest BCUT2D eigenvalue weighted by atomic mass is 10.1. The first-order chi connectivity index (χ1) is 15.1. The summed E-state index contributed by atoms with van der Waals surface area (Å²) in [7, 11) is 4.91. The zero-order chi connectivity index (χ0) is 22.1. The molecule has 0 radical (unpaired) electrons. The number of hydrogen-bond acceptors (Lipinski definition) is 6. The van der Waals surface area contributed by atoms with E-state index >= 15 is 0 Å². The number of nitrogens with one attached hydrogen (secondary N) is 1. The maximum atomic E-state index is 12.6. The summed E-state index contributed by atoms with van der Waals surface area (Å²) in [6.07, 6.45) is 1.82. The molecule has 2 aromatic rings. The van der Waals surface area contributed by atoms with E-state index in [0.717, 1.165) is 38.2 Å². The maximum Gasteiger partial charge on any atom is 0.255 e. The molecule has 0 atom stereocenters. The smallest absolute Gasteiger partial charge is 0.255 e. The first kappa shape index (κ1) is 22.9. The molecule has 2 aromatic carbocycles. The fraction of sp³-hybridized carbons (Fsp3) is 0.458. The van der Waals surface area contributed by atoms with Crippen LogP contribution < -0.4 is 19.5 Å². The molecule has 31 heavy (non-hydrogen) atoms. The van der Waals surface area contributed by atoms with E-state index in [9.17, 15) is 4.79 Å². The van der Waals surface area contributed by atoms with Crippen LogP contribution in [0.2, 0.25) is 0 Å². The zero-order valence-electron chi connectivity index (χ0n) is 18.6. The number of likely N-dealkylation sites (tertiary alicyclic amines) is 1. The van der Waals surface area contributed by atoms with E-state index in [4.69, 9.17) is 18.9 Å². The first-order valence-electron chi connectivity index (χ1n) is 10.6. The Kier molecular flexibility index (Phi) is 8.55. The van der Waals surface area contributed by atoms with Gasteiger partial charge in [-0.1, -0.05) is 18.2 Å². The highest BCUT2D eigenvalue weighted by Crippen LogP contribution is 2.29. The first-order valence-corrected chi connectivity index (χ1v) is 10.6. The summed E-state index contributed by atoms with van der Waals surface area (Å²) in [5.74, 6) is 1.96. The summed E-state index contributed by atoms with van der Waals surface area (Å²) in [4.78, 5) is 15.0. The number of para-hydroxylation sites is 1. The predicted octanol–water partition coefficient (Wildman–Crippen LogP) is 3.12. The normalized spacial score (nSPS) is 14.8. The topological polar surface area (TPSA) is 69.3 Å². The number of ether oxygens (including phenoxy) is 4. The van der Waals surface area contributed by atoms with Gasteiger partial charge in [-0.15, -0.1) is 0 Å². The number of nitrogens with zero attached hydrogens (tertiary/aromatic N) is 1. The van der Waals surface area contributed by atoms with Gasteiger partial charge in [-0.2, -0.15) is 0 Å². The third-order valence-electron chi connectivity index (χ3n) is 5.44. The monoisotopic (exact) mass is 428 g/mol. The summed E-state index contributed by atoms with van der Waals surface area (Å²) >= 11 is 0. The van der Waals surface area contributed by atoms with E-state index in [1.54, 1.807) is 39.5 Å². The van der Waals surface area contributed by atoms with E-state index in [-0.39, 0.29) is 12.0 Å². The number of amides is 1. The highest BCUT2D eigenvalue weighted by Gasteiger charge is 2.23. The molecule has 0 spiro atoms. The Morgan fingerprint density at radius 3 is 2.52 bits per heavy atom. The Balaban J connectivity index is 1.60. The van der Waals surface area contributed by atoms with Gasteiger partial charge in [0.15, 0.2) is 0 Å². The van der Waals surface area contributed by atoms with E-state index in [0.29, 0.717) is 30.2 Å². The van der Waals surface area contributed by atoms with Crippen LogP contribution >= 0.6 is 0 Å². The largest absolute Gasteiger partial charge is 0.497 e. The second-order valence-electron chi connectivity index (χ2n) is 7.52. The summed E-state index contributed by atoms with van der Waals surface area (Å²) in [5, 5.41) is 2.86. The van der Waals surface area contributed by atoms with Gasteiger partial charge in [0.25, 0.3) is 5.91 Å². The van der Waals surface area contributed by atoms with Gasteiger partial charge < -0.3 is 24.3 Å². The van der Waals surface area contributed by atoms with Crippen LogP contribution in [0.4, 0.5) is 0 Å². The lowest BCUT2D eigenvalue weighted by molar-refractivity contribution is 0.0880. The molecule has 1 N–H and O–H groups in total. The quantitative estimate of drug-likeness (QED) is 0.587. The fourth-order valence-electron chi connectivity index (χ4n) is 3.72. The van der Waals surface area contributed by atoms with Crippen LogP contribution in [-0.4, -0.2) is 64.5 Å². The lowest BCUT2D eigenvalue weighted by Crippen LogP contribution is -2.38. The van der Waals surface area contributed by atoms with Gasteiger partial charge in [-0.25, -0.2) is 0 Å². The van der Waals surface area contributed by atoms with Crippen molar-refractivity contribution in [3.63, 3.8) is 0 Å². The second kappa shape index (κ2) is 11.6. The van der Waals surface area contributed by atoms with Gasteiger partial charge in [0.1, 0.15) is 23.4 Å². The van der Waals surface area contributed by atoms with E-state index < -0.39 is 0 Å². The lowest BCUT2D eigenvalue weighted by Gasteiger charge is -2.32. The van der Waals surface area contributed by atoms with Crippen LogP contribution in [0.15, 0.2) is 42.5 Å². The second-order valence-corrected chi connectivity index (χ2v) is 7.52. The molecule has 7 nitrogen and oxygen atoms in total. The summed E-state index contributed by atoms with van der Waals surface area (Å²) in [6, 6.07) is 13.4. The molecule has 3 rings (SSSR count). The van der Waals surface area contributed by atoms with Crippen molar-refractivity contribution in [3.8, 4) is 17.2 Å². The van der Waals surface area contributed by atoms with Crippen molar-refractivity contribution in [2.75, 3.05) is 47.6 Å². The molecule has 1 aliphatic heterocycles. The fourth-order valence-corrected chi connectivity index (χ4v) is 3.72. The molecule has 0 saturated carbocycles. The number of piperidine rings is 1. The summed E-state index contributed by atoms with van der Waals surface area (Å²) < 4.78 is 22.1. The molecule has 0 bridgehead atoms. The van der Waals surface area contributed by atoms with Crippen molar-refractivity contribution in [1.29, 1.82) is 0 Å². The third-order valence-corrected chi connectivity index (χ3v) is 5.44. The zero-order valence-corrected chi connectivity index (χ0v) is 18.6. The van der Waals surface area contributed by atoms with Crippen molar-refractivity contribution in [2.24, 2.45) is 0 Å². The Hall–Kier alpha value is -2.77. The average molecular weight is 429 g/mol. The maximum absolute atomic E-state index is 12.6. The minimum absolute atomic E-state index is 0.0477. The number of hydrogen-bond donors (Lipinski definition) is 1. The Labute approximate surface area is 184 Å². The van der Waals surface area contributed by atoms with Crippen LogP contribution in [0.5, 0.6) is 17.2 Å². The third kappa shape index (κ3) is 6.35. The van der Waals surface area contributed by atoms with Crippen LogP contribution in [0.1, 0.15) is 28.8 Å². The highest BCUT2D eigenvalue weighted by molar-refractivity contribution is 5.97. The number of benzene rings is 2. The number of carbonyl (C=O) groups excluding carboxylic acids is 1. The Morgan fingerprint density at radius 2 is 1.81 bits per heavy atom. The average Bonchev–Trinajstić information content (AvgIpc) is 2.80.